The number of nitrogens with zero attached hydrogens (tertiary/aromatic N) is 1. The molecule has 6 heteroatoms. The van der Waals surface area contributed by atoms with E-state index in [1.54, 1.807) is 32.0 Å². The molecule has 0 aliphatic carbocycles. The molecule has 2 rings (SSSR count). The fraction of sp³-hybridized carbons (Fsp3) is 0.200. The third-order valence-corrected chi connectivity index (χ3v) is 3.47. The van der Waals surface area contributed by atoms with Crippen molar-refractivity contribution in [3.05, 3.63) is 62.2 Å². The highest BCUT2D eigenvalue weighted by atomic mass is 35.5. The zero-order chi connectivity index (χ0) is 15.6. The van der Waals surface area contributed by atoms with Crippen LogP contribution in [-0.4, -0.2) is 4.92 Å². The second kappa shape index (κ2) is 6.11. The number of nitro benzene ring substituents is 1. The lowest BCUT2D eigenvalue weighted by Crippen LogP contribution is -2.01. The predicted molar refractivity (Wildman–Crippen MR) is 82.0 cm³/mol. The molecule has 0 atom stereocenters. The van der Waals surface area contributed by atoms with Gasteiger partial charge in [-0.1, -0.05) is 23.7 Å². The number of ether oxygens (including phenoxy) is 1. The van der Waals surface area contributed by atoms with Crippen LogP contribution in [0.15, 0.2) is 30.3 Å². The first-order valence-corrected chi connectivity index (χ1v) is 6.72. The average Bonchev–Trinajstić information content (AvgIpc) is 2.44. The summed E-state index contributed by atoms with van der Waals surface area (Å²) in [5.41, 5.74) is 7.71. The summed E-state index contributed by atoms with van der Waals surface area (Å²) >= 11 is 6.14. The van der Waals surface area contributed by atoms with Crippen LogP contribution in [0, 0.1) is 24.0 Å². The second-order valence-corrected chi connectivity index (χ2v) is 5.10. The Bertz CT molecular complexity index is 702. The van der Waals surface area contributed by atoms with E-state index in [4.69, 9.17) is 22.1 Å². The lowest BCUT2D eigenvalue weighted by atomic mass is 10.1. The minimum absolute atomic E-state index is 0.0676. The summed E-state index contributed by atoms with van der Waals surface area (Å²) in [4.78, 5) is 10.5. The molecular weight excluding hydrogens is 292 g/mol. The largest absolute Gasteiger partial charge is 0.455 e. The Balaban J connectivity index is 2.46. The Morgan fingerprint density at radius 2 is 2.00 bits per heavy atom. The summed E-state index contributed by atoms with van der Waals surface area (Å²) in [6.07, 6.45) is 0. The number of halogens is 1. The van der Waals surface area contributed by atoms with Crippen LogP contribution in [-0.2, 0) is 6.54 Å². The summed E-state index contributed by atoms with van der Waals surface area (Å²) in [6.45, 7) is 3.71. The van der Waals surface area contributed by atoms with Gasteiger partial charge in [0, 0.05) is 23.7 Å². The molecule has 2 aromatic rings. The van der Waals surface area contributed by atoms with Crippen LogP contribution < -0.4 is 10.5 Å². The van der Waals surface area contributed by atoms with E-state index >= 15 is 0 Å². The Labute approximate surface area is 127 Å². The van der Waals surface area contributed by atoms with E-state index in [0.29, 0.717) is 34.2 Å². The summed E-state index contributed by atoms with van der Waals surface area (Å²) in [6, 6.07) is 8.46. The van der Waals surface area contributed by atoms with Gasteiger partial charge in [-0.25, -0.2) is 0 Å². The number of rotatable bonds is 4. The van der Waals surface area contributed by atoms with Crippen molar-refractivity contribution in [3.8, 4) is 11.5 Å². The third-order valence-electron chi connectivity index (χ3n) is 3.17. The number of hydrogen-bond donors (Lipinski definition) is 1. The van der Waals surface area contributed by atoms with Crippen LogP contribution in [0.2, 0.25) is 5.02 Å². The van der Waals surface area contributed by atoms with Crippen molar-refractivity contribution in [1.29, 1.82) is 0 Å². The van der Waals surface area contributed by atoms with Gasteiger partial charge < -0.3 is 10.5 Å². The Morgan fingerprint density at radius 1 is 1.29 bits per heavy atom. The Morgan fingerprint density at radius 3 is 2.62 bits per heavy atom. The van der Waals surface area contributed by atoms with Crippen molar-refractivity contribution in [3.63, 3.8) is 0 Å². The zero-order valence-electron chi connectivity index (χ0n) is 11.7. The standard InChI is InChI=1S/C15H15ClN2O3/c1-9-7-14(10(2)6-13(9)18(19)20)21-15-11(8-17)4-3-5-12(15)16/h3-7H,8,17H2,1-2H3. The zero-order valence-corrected chi connectivity index (χ0v) is 12.5. The molecule has 0 bridgehead atoms. The maximum Gasteiger partial charge on any atom is 0.272 e. The molecule has 2 aromatic carbocycles. The van der Waals surface area contributed by atoms with Crippen LogP contribution in [0.3, 0.4) is 0 Å². The highest BCUT2D eigenvalue weighted by molar-refractivity contribution is 6.32. The molecule has 0 fully saturated rings. The molecule has 0 spiro atoms. The van der Waals surface area contributed by atoms with E-state index in [1.807, 2.05) is 6.07 Å². The lowest BCUT2D eigenvalue weighted by Gasteiger charge is -2.14. The Kier molecular flexibility index (Phi) is 4.45. The number of nitro groups is 1. The van der Waals surface area contributed by atoms with E-state index in [2.05, 4.69) is 0 Å². The quantitative estimate of drug-likeness (QED) is 0.681. The molecule has 2 N–H and O–H groups in total. The van der Waals surface area contributed by atoms with Crippen molar-refractivity contribution < 1.29 is 9.66 Å². The van der Waals surface area contributed by atoms with Crippen molar-refractivity contribution in [1.82, 2.24) is 0 Å². The summed E-state index contributed by atoms with van der Waals surface area (Å²) in [5.74, 6) is 1.01. The molecule has 0 unspecified atom stereocenters. The van der Waals surface area contributed by atoms with Crippen molar-refractivity contribution in [2.24, 2.45) is 5.73 Å². The topological polar surface area (TPSA) is 78.4 Å². The smallest absolute Gasteiger partial charge is 0.272 e. The minimum Gasteiger partial charge on any atom is -0.455 e. The van der Waals surface area contributed by atoms with E-state index in [0.717, 1.165) is 5.56 Å². The number of aryl methyl sites for hydroxylation is 2. The number of nitrogens with two attached hydrogens (primary N) is 1. The molecule has 21 heavy (non-hydrogen) atoms. The monoisotopic (exact) mass is 306 g/mol. The summed E-state index contributed by atoms with van der Waals surface area (Å²) in [5, 5.41) is 11.4. The van der Waals surface area contributed by atoms with Gasteiger partial charge in [0.05, 0.1) is 9.95 Å². The van der Waals surface area contributed by atoms with Crippen molar-refractivity contribution in [2.75, 3.05) is 0 Å². The van der Waals surface area contributed by atoms with Gasteiger partial charge in [-0.2, -0.15) is 0 Å². The molecule has 0 amide bonds. The number of benzene rings is 2. The maximum atomic E-state index is 10.9. The Hall–Kier alpha value is -2.11. The van der Waals surface area contributed by atoms with E-state index in [1.165, 1.54) is 6.07 Å². The first-order chi connectivity index (χ1) is 9.93. The van der Waals surface area contributed by atoms with E-state index in [-0.39, 0.29) is 5.69 Å². The maximum absolute atomic E-state index is 10.9. The first kappa shape index (κ1) is 15.3. The minimum atomic E-state index is -0.410. The van der Waals surface area contributed by atoms with Gasteiger partial charge in [-0.15, -0.1) is 0 Å². The molecule has 0 saturated carbocycles. The van der Waals surface area contributed by atoms with Crippen LogP contribution in [0.25, 0.3) is 0 Å². The van der Waals surface area contributed by atoms with Gasteiger partial charge in [-0.05, 0) is 31.5 Å². The van der Waals surface area contributed by atoms with Gasteiger partial charge in [0.15, 0.2) is 0 Å². The molecule has 0 radical (unpaired) electrons. The molecule has 0 aromatic heterocycles. The molecule has 0 aliphatic rings. The van der Waals surface area contributed by atoms with Crippen molar-refractivity contribution in [2.45, 2.75) is 20.4 Å². The van der Waals surface area contributed by atoms with Crippen LogP contribution in [0.4, 0.5) is 5.69 Å². The van der Waals surface area contributed by atoms with Gasteiger partial charge >= 0.3 is 0 Å². The number of para-hydroxylation sites is 1. The van der Waals surface area contributed by atoms with Crippen LogP contribution in [0.5, 0.6) is 11.5 Å². The number of hydrogen-bond acceptors (Lipinski definition) is 4. The van der Waals surface area contributed by atoms with Gasteiger partial charge in [-0.3, -0.25) is 10.1 Å². The molecule has 5 nitrogen and oxygen atoms in total. The molecule has 110 valence electrons. The highest BCUT2D eigenvalue weighted by Gasteiger charge is 2.16. The normalized spacial score (nSPS) is 10.5. The van der Waals surface area contributed by atoms with Crippen LogP contribution in [0.1, 0.15) is 16.7 Å². The van der Waals surface area contributed by atoms with Crippen LogP contribution >= 0.6 is 11.6 Å². The summed E-state index contributed by atoms with van der Waals surface area (Å²) in [7, 11) is 0. The summed E-state index contributed by atoms with van der Waals surface area (Å²) < 4.78 is 5.84. The molecule has 0 aliphatic heterocycles. The second-order valence-electron chi connectivity index (χ2n) is 4.70. The fourth-order valence-corrected chi connectivity index (χ4v) is 2.25. The van der Waals surface area contributed by atoms with E-state index in [9.17, 15) is 10.1 Å². The van der Waals surface area contributed by atoms with Gasteiger partial charge in [0.25, 0.3) is 5.69 Å². The SMILES string of the molecule is Cc1cc([N+](=O)[O-])c(C)cc1Oc1c(Cl)cccc1CN. The average molecular weight is 307 g/mol. The van der Waals surface area contributed by atoms with Crippen molar-refractivity contribution >= 4 is 17.3 Å². The molecule has 0 heterocycles. The molecular formula is C15H15ClN2O3. The predicted octanol–water partition coefficient (Wildman–Crippen LogP) is 4.12. The third kappa shape index (κ3) is 3.15. The lowest BCUT2D eigenvalue weighted by molar-refractivity contribution is -0.385. The molecule has 0 saturated heterocycles. The van der Waals surface area contributed by atoms with E-state index < -0.39 is 4.92 Å². The van der Waals surface area contributed by atoms with Gasteiger partial charge in [0.2, 0.25) is 0 Å². The first-order valence-electron chi connectivity index (χ1n) is 6.35. The van der Waals surface area contributed by atoms with Gasteiger partial charge in [0.1, 0.15) is 11.5 Å². The highest BCUT2D eigenvalue weighted by Crippen LogP contribution is 2.36. The fourth-order valence-electron chi connectivity index (χ4n) is 2.02.